The first-order chi connectivity index (χ1) is 7.77. The van der Waals surface area contributed by atoms with Crippen LogP contribution in [0.4, 0.5) is 0 Å². The molecule has 0 aliphatic carbocycles. The smallest absolute Gasteiger partial charge is 0.225 e. The van der Waals surface area contributed by atoms with Crippen molar-refractivity contribution in [1.29, 1.82) is 0 Å². The van der Waals surface area contributed by atoms with Crippen LogP contribution in [0, 0.1) is 5.92 Å². The molecule has 0 aliphatic rings. The minimum absolute atomic E-state index is 0.0751. The molecule has 1 aromatic rings. The van der Waals surface area contributed by atoms with Gasteiger partial charge in [0.1, 0.15) is 0 Å². The summed E-state index contributed by atoms with van der Waals surface area (Å²) in [6.07, 6.45) is 4.94. The van der Waals surface area contributed by atoms with Crippen LogP contribution in [0.2, 0.25) is 0 Å². The zero-order chi connectivity index (χ0) is 11.8. The van der Waals surface area contributed by atoms with Crippen LogP contribution in [0.25, 0.3) is 0 Å². The Morgan fingerprint density at radius 2 is 2.44 bits per heavy atom. The highest BCUT2D eigenvalue weighted by Gasteiger charge is 2.13. The molecule has 4 heteroatoms. The lowest BCUT2D eigenvalue weighted by molar-refractivity contribution is -0.126. The first-order valence-electron chi connectivity index (χ1n) is 5.55. The summed E-state index contributed by atoms with van der Waals surface area (Å²) in [6, 6.07) is 3.85. The Balaban J connectivity index is 2.28. The van der Waals surface area contributed by atoms with Gasteiger partial charge in [0.05, 0.1) is 12.5 Å². The van der Waals surface area contributed by atoms with Crippen molar-refractivity contribution in [3.05, 3.63) is 30.1 Å². The normalized spacial score (nSPS) is 12.1. The molecule has 1 heterocycles. The Morgan fingerprint density at radius 3 is 3.00 bits per heavy atom. The van der Waals surface area contributed by atoms with Gasteiger partial charge in [-0.3, -0.25) is 9.78 Å². The number of nitrogens with one attached hydrogen (secondary N) is 1. The number of nitrogens with zero attached hydrogens (tertiary/aromatic N) is 1. The summed E-state index contributed by atoms with van der Waals surface area (Å²) in [7, 11) is 0. The maximum Gasteiger partial charge on any atom is 0.225 e. The average molecular weight is 222 g/mol. The third kappa shape index (κ3) is 3.98. The fourth-order valence-corrected chi connectivity index (χ4v) is 1.42. The molecule has 0 saturated carbocycles. The maximum atomic E-state index is 11.5. The molecule has 16 heavy (non-hydrogen) atoms. The number of carbonyl (C=O) groups excluding carboxylic acids is 1. The number of carbonyl (C=O) groups is 1. The summed E-state index contributed by atoms with van der Waals surface area (Å²) in [5.41, 5.74) is 1.10. The highest BCUT2D eigenvalue weighted by molar-refractivity contribution is 5.78. The standard InChI is InChI=1S/C12H18N2O2/c1-2-11(9-15)12(16)14-7-5-10-4-3-6-13-8-10/h3-4,6,8,11,15H,2,5,7,9H2,1H3,(H,14,16). The molecule has 2 N–H and O–H groups in total. The van der Waals surface area contributed by atoms with Crippen LogP contribution in [0.5, 0.6) is 0 Å². The molecule has 4 nitrogen and oxygen atoms in total. The van der Waals surface area contributed by atoms with E-state index < -0.39 is 0 Å². The monoisotopic (exact) mass is 222 g/mol. The van der Waals surface area contributed by atoms with E-state index in [1.807, 2.05) is 19.1 Å². The Bertz CT molecular complexity index is 310. The van der Waals surface area contributed by atoms with Crippen LogP contribution in [0.3, 0.4) is 0 Å². The van der Waals surface area contributed by atoms with Gasteiger partial charge >= 0.3 is 0 Å². The molecule has 1 rings (SSSR count). The van der Waals surface area contributed by atoms with Gasteiger partial charge in [0, 0.05) is 18.9 Å². The van der Waals surface area contributed by atoms with E-state index in [9.17, 15) is 4.79 Å². The summed E-state index contributed by atoms with van der Waals surface area (Å²) in [6.45, 7) is 2.39. The largest absolute Gasteiger partial charge is 0.396 e. The number of hydrogen-bond acceptors (Lipinski definition) is 3. The molecular formula is C12H18N2O2. The third-order valence-corrected chi connectivity index (χ3v) is 2.52. The first-order valence-corrected chi connectivity index (χ1v) is 5.55. The van der Waals surface area contributed by atoms with Gasteiger partial charge in [0.15, 0.2) is 0 Å². The molecule has 0 radical (unpaired) electrons. The van der Waals surface area contributed by atoms with Crippen molar-refractivity contribution < 1.29 is 9.90 Å². The van der Waals surface area contributed by atoms with Gasteiger partial charge in [0.25, 0.3) is 0 Å². The lowest BCUT2D eigenvalue weighted by Gasteiger charge is -2.11. The predicted octanol–water partition coefficient (Wildman–Crippen LogP) is 0.759. The number of aromatic nitrogens is 1. The predicted molar refractivity (Wildman–Crippen MR) is 61.8 cm³/mol. The molecule has 1 amide bonds. The minimum Gasteiger partial charge on any atom is -0.396 e. The van der Waals surface area contributed by atoms with Crippen LogP contribution in [-0.2, 0) is 11.2 Å². The van der Waals surface area contributed by atoms with E-state index in [1.54, 1.807) is 12.4 Å². The van der Waals surface area contributed by atoms with E-state index in [2.05, 4.69) is 10.3 Å². The molecule has 1 atom stereocenters. The second-order valence-corrected chi connectivity index (χ2v) is 3.69. The molecule has 1 aromatic heterocycles. The van der Waals surface area contributed by atoms with Crippen LogP contribution in [-0.4, -0.2) is 29.1 Å². The van der Waals surface area contributed by atoms with Crippen LogP contribution in [0.15, 0.2) is 24.5 Å². The van der Waals surface area contributed by atoms with E-state index in [-0.39, 0.29) is 18.4 Å². The molecule has 88 valence electrons. The van der Waals surface area contributed by atoms with Gasteiger partial charge in [-0.15, -0.1) is 0 Å². The van der Waals surface area contributed by atoms with Crippen LogP contribution in [0.1, 0.15) is 18.9 Å². The van der Waals surface area contributed by atoms with Gasteiger partial charge in [-0.25, -0.2) is 0 Å². The second-order valence-electron chi connectivity index (χ2n) is 3.69. The number of rotatable bonds is 6. The van der Waals surface area contributed by atoms with Gasteiger partial charge in [-0.05, 0) is 24.5 Å². The molecule has 0 fully saturated rings. The van der Waals surface area contributed by atoms with Crippen molar-refractivity contribution in [3.8, 4) is 0 Å². The van der Waals surface area contributed by atoms with Crippen molar-refractivity contribution >= 4 is 5.91 Å². The molecule has 0 aromatic carbocycles. The van der Waals surface area contributed by atoms with Crippen LogP contribution < -0.4 is 5.32 Å². The topological polar surface area (TPSA) is 62.2 Å². The molecule has 1 unspecified atom stereocenters. The number of pyridine rings is 1. The summed E-state index contributed by atoms with van der Waals surface area (Å²) < 4.78 is 0. The van der Waals surface area contributed by atoms with Crippen molar-refractivity contribution in [2.24, 2.45) is 5.92 Å². The number of aliphatic hydroxyl groups is 1. The van der Waals surface area contributed by atoms with E-state index in [0.29, 0.717) is 13.0 Å². The van der Waals surface area contributed by atoms with Gasteiger partial charge < -0.3 is 10.4 Å². The Hall–Kier alpha value is -1.42. The van der Waals surface area contributed by atoms with E-state index in [1.165, 1.54) is 0 Å². The number of aliphatic hydroxyl groups excluding tert-OH is 1. The molecule has 0 saturated heterocycles. The van der Waals surface area contributed by atoms with Gasteiger partial charge in [-0.2, -0.15) is 0 Å². The van der Waals surface area contributed by atoms with Crippen molar-refractivity contribution in [2.75, 3.05) is 13.2 Å². The maximum absolute atomic E-state index is 11.5. The van der Waals surface area contributed by atoms with Gasteiger partial charge in [-0.1, -0.05) is 13.0 Å². The molecule has 0 bridgehead atoms. The van der Waals surface area contributed by atoms with Crippen molar-refractivity contribution in [1.82, 2.24) is 10.3 Å². The average Bonchev–Trinajstić information content (AvgIpc) is 2.32. The number of amides is 1. The zero-order valence-corrected chi connectivity index (χ0v) is 9.52. The van der Waals surface area contributed by atoms with Gasteiger partial charge in [0.2, 0.25) is 5.91 Å². The van der Waals surface area contributed by atoms with E-state index >= 15 is 0 Å². The number of hydrogen-bond donors (Lipinski definition) is 2. The highest BCUT2D eigenvalue weighted by atomic mass is 16.3. The summed E-state index contributed by atoms with van der Waals surface area (Å²) in [5, 5.41) is 11.7. The van der Waals surface area contributed by atoms with Crippen molar-refractivity contribution in [2.45, 2.75) is 19.8 Å². The SMILES string of the molecule is CCC(CO)C(=O)NCCc1cccnc1. The van der Waals surface area contributed by atoms with Crippen molar-refractivity contribution in [3.63, 3.8) is 0 Å². The zero-order valence-electron chi connectivity index (χ0n) is 9.52. The first kappa shape index (κ1) is 12.6. The van der Waals surface area contributed by atoms with Crippen LogP contribution >= 0.6 is 0 Å². The fraction of sp³-hybridized carbons (Fsp3) is 0.500. The second kappa shape index (κ2) is 6.95. The van der Waals surface area contributed by atoms with E-state index in [4.69, 9.17) is 5.11 Å². The minimum atomic E-state index is -0.283. The molecule has 0 spiro atoms. The third-order valence-electron chi connectivity index (χ3n) is 2.52. The Labute approximate surface area is 95.7 Å². The van der Waals surface area contributed by atoms with E-state index in [0.717, 1.165) is 12.0 Å². The quantitative estimate of drug-likeness (QED) is 0.747. The fourth-order valence-electron chi connectivity index (χ4n) is 1.42. The summed E-state index contributed by atoms with van der Waals surface area (Å²) in [5.74, 6) is -0.359. The summed E-state index contributed by atoms with van der Waals surface area (Å²) >= 11 is 0. The Kier molecular flexibility index (Phi) is 5.50. The summed E-state index contributed by atoms with van der Waals surface area (Å²) in [4.78, 5) is 15.5. The lowest BCUT2D eigenvalue weighted by atomic mass is 10.1. The molecular weight excluding hydrogens is 204 g/mol. The molecule has 0 aliphatic heterocycles. The lowest BCUT2D eigenvalue weighted by Crippen LogP contribution is -2.33. The highest BCUT2D eigenvalue weighted by Crippen LogP contribution is 2.01. The Morgan fingerprint density at radius 1 is 1.62 bits per heavy atom.